The number of halogens is 1. The van der Waals surface area contributed by atoms with Crippen molar-refractivity contribution in [2.75, 3.05) is 16.8 Å². The van der Waals surface area contributed by atoms with Gasteiger partial charge in [0.25, 0.3) is 0 Å². The molecule has 2 N–H and O–H groups in total. The first-order valence-corrected chi connectivity index (χ1v) is 8.19. The first-order chi connectivity index (χ1) is 9.28. The number of fused-ring (bicyclic) bond motifs is 1. The zero-order valence-corrected chi connectivity index (χ0v) is 11.8. The number of carbonyl (C=O) groups is 1. The summed E-state index contributed by atoms with van der Waals surface area (Å²) in [6, 6.07) is 3.39. The number of hydrogen-bond acceptors (Lipinski definition) is 4. The van der Waals surface area contributed by atoms with Crippen LogP contribution in [0.25, 0.3) is 0 Å². The molecule has 0 bridgehead atoms. The third kappa shape index (κ3) is 2.31. The Morgan fingerprint density at radius 3 is 2.85 bits per heavy atom. The van der Waals surface area contributed by atoms with Gasteiger partial charge >= 0.3 is 0 Å². The molecule has 0 aromatic heterocycles. The maximum atomic E-state index is 13.3. The lowest BCUT2D eigenvalue weighted by Gasteiger charge is -2.27. The van der Waals surface area contributed by atoms with Gasteiger partial charge in [-0.3, -0.25) is 10.1 Å². The van der Waals surface area contributed by atoms with Crippen LogP contribution >= 0.6 is 0 Å². The van der Waals surface area contributed by atoms with E-state index < -0.39 is 27.2 Å². The predicted molar refractivity (Wildman–Crippen MR) is 72.6 cm³/mol. The van der Waals surface area contributed by atoms with Crippen LogP contribution < -0.4 is 10.6 Å². The highest BCUT2D eigenvalue weighted by Crippen LogP contribution is 2.34. The van der Waals surface area contributed by atoms with Gasteiger partial charge in [0, 0.05) is 16.8 Å². The van der Waals surface area contributed by atoms with Crippen molar-refractivity contribution >= 4 is 21.4 Å². The molecule has 1 amide bonds. The maximum absolute atomic E-state index is 13.3. The normalized spacial score (nSPS) is 31.1. The number of carbonyl (C=O) groups excluding carboxylic acids is 1. The lowest BCUT2D eigenvalue weighted by molar-refractivity contribution is -0.118. The van der Waals surface area contributed by atoms with Crippen molar-refractivity contribution in [1.29, 1.82) is 0 Å². The van der Waals surface area contributed by atoms with Crippen LogP contribution in [0.4, 0.5) is 10.1 Å². The Morgan fingerprint density at radius 1 is 1.45 bits per heavy atom. The van der Waals surface area contributed by atoms with Gasteiger partial charge < -0.3 is 5.32 Å². The number of rotatable bonds is 2. The van der Waals surface area contributed by atoms with E-state index in [1.54, 1.807) is 6.92 Å². The van der Waals surface area contributed by atoms with Crippen LogP contribution in [0, 0.1) is 5.82 Å². The number of amides is 1. The molecule has 0 radical (unpaired) electrons. The van der Waals surface area contributed by atoms with E-state index in [0.29, 0.717) is 17.7 Å². The molecule has 2 aliphatic rings. The largest absolute Gasteiger partial charge is 0.324 e. The highest BCUT2D eigenvalue weighted by Gasteiger charge is 2.43. The van der Waals surface area contributed by atoms with Crippen molar-refractivity contribution in [3.8, 4) is 0 Å². The van der Waals surface area contributed by atoms with Crippen LogP contribution in [-0.4, -0.2) is 31.4 Å². The van der Waals surface area contributed by atoms with Crippen LogP contribution in [0.1, 0.15) is 24.9 Å². The minimum Gasteiger partial charge on any atom is -0.324 e. The Kier molecular flexibility index (Phi) is 2.88. The Hall–Kier alpha value is -1.47. The van der Waals surface area contributed by atoms with E-state index in [2.05, 4.69) is 10.6 Å². The molecule has 2 heterocycles. The third-order valence-electron chi connectivity index (χ3n) is 3.84. The summed E-state index contributed by atoms with van der Waals surface area (Å²) in [4.78, 5) is 12.0. The molecule has 1 aromatic rings. The minimum atomic E-state index is -3.07. The monoisotopic (exact) mass is 298 g/mol. The van der Waals surface area contributed by atoms with E-state index in [0.717, 1.165) is 0 Å². The first kappa shape index (κ1) is 13.5. The molecule has 7 heteroatoms. The average molecular weight is 298 g/mol. The summed E-state index contributed by atoms with van der Waals surface area (Å²) in [6.45, 7) is 1.78. The van der Waals surface area contributed by atoms with E-state index in [9.17, 15) is 17.6 Å². The lowest BCUT2D eigenvalue weighted by Crippen LogP contribution is -2.47. The fourth-order valence-corrected chi connectivity index (χ4v) is 4.95. The molecule has 2 aliphatic heterocycles. The van der Waals surface area contributed by atoms with Gasteiger partial charge in [-0.05, 0) is 31.5 Å². The van der Waals surface area contributed by atoms with Gasteiger partial charge in [-0.15, -0.1) is 0 Å². The van der Waals surface area contributed by atoms with Gasteiger partial charge in [-0.1, -0.05) is 0 Å². The molecular formula is C13H15FN2O3S. The molecule has 0 spiro atoms. The molecular weight excluding hydrogens is 283 g/mol. The molecule has 1 fully saturated rings. The van der Waals surface area contributed by atoms with Gasteiger partial charge in [0.05, 0.1) is 11.5 Å². The van der Waals surface area contributed by atoms with E-state index >= 15 is 0 Å². The molecule has 5 nitrogen and oxygen atoms in total. The van der Waals surface area contributed by atoms with Crippen LogP contribution in [0.3, 0.4) is 0 Å². The number of nitrogens with one attached hydrogen (secondary N) is 2. The van der Waals surface area contributed by atoms with Gasteiger partial charge in [0.15, 0.2) is 9.84 Å². The van der Waals surface area contributed by atoms with E-state index in [1.807, 2.05) is 0 Å². The lowest BCUT2D eigenvalue weighted by atomic mass is 9.98. The van der Waals surface area contributed by atoms with Gasteiger partial charge in [0.2, 0.25) is 5.91 Å². The van der Waals surface area contributed by atoms with Gasteiger partial charge in [-0.25, -0.2) is 12.8 Å². The summed E-state index contributed by atoms with van der Waals surface area (Å²) in [5.41, 5.74) is 0.438. The van der Waals surface area contributed by atoms with Crippen LogP contribution in [-0.2, 0) is 14.6 Å². The fourth-order valence-electron chi connectivity index (χ4n) is 2.85. The zero-order chi connectivity index (χ0) is 14.5. The van der Waals surface area contributed by atoms with Crippen molar-refractivity contribution < 1.29 is 17.6 Å². The molecule has 1 saturated heterocycles. The van der Waals surface area contributed by atoms with Crippen molar-refractivity contribution in [1.82, 2.24) is 5.32 Å². The van der Waals surface area contributed by atoms with Crippen molar-refractivity contribution in [2.24, 2.45) is 0 Å². The summed E-state index contributed by atoms with van der Waals surface area (Å²) in [5.74, 6) is -0.595. The number of hydrogen-bond donors (Lipinski definition) is 2. The highest BCUT2D eigenvalue weighted by molar-refractivity contribution is 7.91. The number of benzene rings is 1. The SMILES string of the molecule is CC1(NC2C(=O)Nc3ccc(F)cc32)CCS(=O)(=O)C1. The Bertz CT molecular complexity index is 689. The molecule has 3 rings (SSSR count). The van der Waals surface area contributed by atoms with Gasteiger partial charge in [0.1, 0.15) is 11.9 Å². The maximum Gasteiger partial charge on any atom is 0.246 e. The second-order valence-corrected chi connectivity index (χ2v) is 7.88. The Balaban J connectivity index is 1.89. The Labute approximate surface area is 116 Å². The molecule has 108 valence electrons. The molecule has 2 unspecified atom stereocenters. The summed E-state index contributed by atoms with van der Waals surface area (Å²) in [7, 11) is -3.07. The van der Waals surface area contributed by atoms with Crippen molar-refractivity contribution in [2.45, 2.75) is 24.9 Å². The molecule has 2 atom stereocenters. The van der Waals surface area contributed by atoms with Gasteiger partial charge in [-0.2, -0.15) is 0 Å². The predicted octanol–water partition coefficient (Wildman–Crippen LogP) is 0.986. The summed E-state index contributed by atoms with van der Waals surface area (Å²) < 4.78 is 36.5. The van der Waals surface area contributed by atoms with Crippen LogP contribution in [0.15, 0.2) is 18.2 Å². The molecule has 20 heavy (non-hydrogen) atoms. The smallest absolute Gasteiger partial charge is 0.246 e. The highest BCUT2D eigenvalue weighted by atomic mass is 32.2. The Morgan fingerprint density at radius 2 is 2.20 bits per heavy atom. The molecule has 1 aromatic carbocycles. The van der Waals surface area contributed by atoms with Crippen LogP contribution in [0.5, 0.6) is 0 Å². The van der Waals surface area contributed by atoms with E-state index in [-0.39, 0.29) is 17.4 Å². The van der Waals surface area contributed by atoms with E-state index in [1.165, 1.54) is 18.2 Å². The summed E-state index contributed by atoms with van der Waals surface area (Å²) >= 11 is 0. The van der Waals surface area contributed by atoms with Crippen molar-refractivity contribution in [3.05, 3.63) is 29.6 Å². The van der Waals surface area contributed by atoms with Crippen molar-refractivity contribution in [3.63, 3.8) is 0 Å². The van der Waals surface area contributed by atoms with Crippen LogP contribution in [0.2, 0.25) is 0 Å². The second-order valence-electron chi connectivity index (χ2n) is 5.70. The fraction of sp³-hybridized carbons (Fsp3) is 0.462. The zero-order valence-electron chi connectivity index (χ0n) is 10.9. The summed E-state index contributed by atoms with van der Waals surface area (Å²) in [5, 5.41) is 5.75. The topological polar surface area (TPSA) is 75.3 Å². The standard InChI is InChI=1S/C13H15FN2O3S/c1-13(4-5-20(18,19)7-13)16-11-9-6-8(14)2-3-10(9)15-12(11)17/h2-3,6,11,16H,4-5,7H2,1H3,(H,15,17). The number of sulfone groups is 1. The summed E-state index contributed by atoms with van der Waals surface area (Å²) in [6.07, 6.45) is 0.448. The first-order valence-electron chi connectivity index (χ1n) is 6.36. The third-order valence-corrected chi connectivity index (χ3v) is 5.74. The average Bonchev–Trinajstić information content (AvgIpc) is 2.78. The molecule has 0 aliphatic carbocycles. The quantitative estimate of drug-likeness (QED) is 0.853. The minimum absolute atomic E-state index is 0.00553. The van der Waals surface area contributed by atoms with E-state index in [4.69, 9.17) is 0 Å². The molecule has 0 saturated carbocycles. The second kappa shape index (κ2) is 4.26. The number of anilines is 1.